The molecule has 0 rings (SSSR count). The van der Waals surface area contributed by atoms with E-state index in [1.165, 1.54) is 0 Å². The molecule has 0 saturated heterocycles. The number of aliphatic hydroxyl groups excluding tert-OH is 4. The third-order valence-electron chi connectivity index (χ3n) is 3.33. The maximum Gasteiger partial charge on any atom is 0.138 e. The number of aliphatic hydroxyl groups is 4. The fraction of sp³-hybridized carbons (Fsp3) is 0.900. The Morgan fingerprint density at radius 3 is 0.963 bits per heavy atom. The van der Waals surface area contributed by atoms with Crippen molar-refractivity contribution in [3.05, 3.63) is 0 Å². The van der Waals surface area contributed by atoms with E-state index >= 15 is 0 Å². The largest absolute Gasteiger partial charge is 0.397 e. The normalized spacial score (nSPS) is 11.0. The molecule has 0 spiro atoms. The van der Waals surface area contributed by atoms with Crippen LogP contribution in [0.15, 0.2) is 0 Å². The van der Waals surface area contributed by atoms with Gasteiger partial charge in [0.25, 0.3) is 0 Å². The van der Waals surface area contributed by atoms with E-state index in [0.29, 0.717) is 12.8 Å². The maximum atomic E-state index is 11.0. The predicted molar refractivity (Wildman–Crippen MR) is 107 cm³/mol. The van der Waals surface area contributed by atoms with Crippen molar-refractivity contribution < 1.29 is 56.2 Å². The topological polar surface area (TPSA) is 115 Å². The summed E-state index contributed by atoms with van der Waals surface area (Å²) >= 11 is 0. The van der Waals surface area contributed by atoms with Gasteiger partial charge in [-0.25, -0.2) is 0 Å². The molecule has 0 aromatic carbocycles. The van der Waals surface area contributed by atoms with Crippen molar-refractivity contribution >= 4 is 11.6 Å². The predicted octanol–water partition coefficient (Wildman–Crippen LogP) is 2.74. The van der Waals surface area contributed by atoms with Gasteiger partial charge < -0.3 is 20.4 Å². The molecule has 4 N–H and O–H groups in total. The molecule has 0 bridgehead atoms. The van der Waals surface area contributed by atoms with Crippen LogP contribution in [0.1, 0.15) is 80.1 Å². The summed E-state index contributed by atoms with van der Waals surface area (Å²) in [4.78, 5) is 22.1. The molecule has 0 amide bonds. The smallest absolute Gasteiger partial charge is 0.138 e. The second kappa shape index (κ2) is 33.6. The van der Waals surface area contributed by atoms with Crippen LogP contribution in [0, 0.1) is 11.8 Å². The zero-order valence-electron chi connectivity index (χ0n) is 18.3. The third kappa shape index (κ3) is 31.0. The van der Waals surface area contributed by atoms with Gasteiger partial charge in [-0.3, -0.25) is 9.59 Å². The van der Waals surface area contributed by atoms with Gasteiger partial charge in [-0.1, -0.05) is 27.7 Å². The molecule has 7 heteroatoms. The molecular formula is C20H44O6Zr. The molecule has 0 radical (unpaired) electrons. The zero-order valence-corrected chi connectivity index (χ0v) is 20.8. The van der Waals surface area contributed by atoms with E-state index in [2.05, 4.69) is 0 Å². The maximum absolute atomic E-state index is 11.0. The average Bonchev–Trinajstić information content (AvgIpc) is 2.59. The molecule has 2 unspecified atom stereocenters. The molecule has 0 aliphatic heterocycles. The van der Waals surface area contributed by atoms with Gasteiger partial charge in [-0.2, -0.15) is 0 Å². The minimum atomic E-state index is -0.111. The number of hydrogen-bond donors (Lipinski definition) is 4. The Kier molecular flexibility index (Phi) is 47.0. The van der Waals surface area contributed by atoms with Crippen LogP contribution >= 0.6 is 0 Å². The second-order valence-corrected chi connectivity index (χ2v) is 5.64. The summed E-state index contributed by atoms with van der Waals surface area (Å²) in [5.74, 6) is 0.180. The number of carbonyl (C=O) groups excluding carboxylic acids is 2. The summed E-state index contributed by atoms with van der Waals surface area (Å²) in [5, 5.41) is 32.5. The first-order valence-electron chi connectivity index (χ1n) is 9.83. The van der Waals surface area contributed by atoms with E-state index in [-0.39, 0.29) is 76.0 Å². The van der Waals surface area contributed by atoms with E-state index in [4.69, 9.17) is 20.4 Å². The molecule has 2 atom stereocenters. The second-order valence-electron chi connectivity index (χ2n) is 5.64. The molecule has 164 valence electrons. The molecule has 6 nitrogen and oxygen atoms in total. The number of rotatable bonds is 10. The van der Waals surface area contributed by atoms with Crippen molar-refractivity contribution in [2.45, 2.75) is 80.1 Å². The van der Waals surface area contributed by atoms with Crippen LogP contribution in [0.3, 0.4) is 0 Å². The molecule has 0 aliphatic carbocycles. The van der Waals surface area contributed by atoms with E-state index in [0.717, 1.165) is 25.7 Å². The van der Waals surface area contributed by atoms with Gasteiger partial charge in [0.1, 0.15) is 11.6 Å². The molecule has 0 heterocycles. The minimum absolute atomic E-state index is 0. The number of Topliss-reactive ketones (excluding diaryl/α,β-unsaturated/α-hetero) is 2. The van der Waals surface area contributed by atoms with Crippen LogP contribution in [0.5, 0.6) is 0 Å². The van der Waals surface area contributed by atoms with Crippen LogP contribution in [0.25, 0.3) is 0 Å². The summed E-state index contributed by atoms with van der Waals surface area (Å²) in [6.07, 6.45) is 4.51. The molecule has 0 aromatic rings. The van der Waals surface area contributed by atoms with Gasteiger partial charge >= 0.3 is 0 Å². The summed E-state index contributed by atoms with van der Waals surface area (Å²) in [5.41, 5.74) is 0. The summed E-state index contributed by atoms with van der Waals surface area (Å²) in [7, 11) is 0. The summed E-state index contributed by atoms with van der Waals surface area (Å²) in [6, 6.07) is 0. The first-order chi connectivity index (χ1) is 12.3. The molecule has 0 aliphatic rings. The van der Waals surface area contributed by atoms with Crippen LogP contribution < -0.4 is 0 Å². The minimum Gasteiger partial charge on any atom is -0.397 e. The Hall–Kier alpha value is 0.0631. The van der Waals surface area contributed by atoms with E-state index in [1.54, 1.807) is 13.8 Å². The van der Waals surface area contributed by atoms with Crippen LogP contribution in [0.4, 0.5) is 0 Å². The van der Waals surface area contributed by atoms with Crippen molar-refractivity contribution in [1.82, 2.24) is 0 Å². The van der Waals surface area contributed by atoms with Crippen molar-refractivity contribution in [3.8, 4) is 0 Å². The Bertz CT molecular complexity index is 252. The summed E-state index contributed by atoms with van der Waals surface area (Å²) in [6.45, 7) is 11.7. The Balaban J connectivity index is -0.0000000899. The van der Waals surface area contributed by atoms with Crippen molar-refractivity contribution in [3.63, 3.8) is 0 Å². The van der Waals surface area contributed by atoms with Crippen molar-refractivity contribution in [1.29, 1.82) is 0 Å². The molecular weight excluding hydrogens is 427 g/mol. The third-order valence-corrected chi connectivity index (χ3v) is 3.33. The van der Waals surface area contributed by atoms with Gasteiger partial charge in [0.05, 0.1) is 13.2 Å². The number of hydrogen-bond acceptors (Lipinski definition) is 6. The van der Waals surface area contributed by atoms with Crippen LogP contribution in [0.2, 0.25) is 0 Å². The van der Waals surface area contributed by atoms with E-state index < -0.39 is 0 Å². The van der Waals surface area contributed by atoms with Gasteiger partial charge in [-0.15, -0.1) is 0 Å². The van der Waals surface area contributed by atoms with Gasteiger partial charge in [0, 0.05) is 64.1 Å². The van der Waals surface area contributed by atoms with Gasteiger partial charge in [0.15, 0.2) is 0 Å². The van der Waals surface area contributed by atoms with Gasteiger partial charge in [0.2, 0.25) is 0 Å². The number of ketones is 2. The van der Waals surface area contributed by atoms with E-state index in [1.807, 2.05) is 27.7 Å². The Morgan fingerprint density at radius 1 is 0.630 bits per heavy atom. The molecule has 0 aromatic heterocycles. The first-order valence-corrected chi connectivity index (χ1v) is 9.83. The SMILES string of the molecule is CCCC(=O)C(CC)CO.CCCC(=O)C(CC)CO.CCO.CCO.[Zr]. The monoisotopic (exact) mass is 470 g/mol. The Morgan fingerprint density at radius 2 is 0.852 bits per heavy atom. The Labute approximate surface area is 185 Å². The molecule has 0 fully saturated rings. The van der Waals surface area contributed by atoms with Crippen LogP contribution in [-0.4, -0.2) is 58.4 Å². The van der Waals surface area contributed by atoms with Gasteiger partial charge in [-0.05, 0) is 39.5 Å². The fourth-order valence-corrected chi connectivity index (χ4v) is 1.82. The molecule has 27 heavy (non-hydrogen) atoms. The average molecular weight is 472 g/mol. The van der Waals surface area contributed by atoms with Crippen molar-refractivity contribution in [2.75, 3.05) is 26.4 Å². The van der Waals surface area contributed by atoms with Crippen molar-refractivity contribution in [2.24, 2.45) is 11.8 Å². The van der Waals surface area contributed by atoms with E-state index in [9.17, 15) is 9.59 Å². The fourth-order valence-electron chi connectivity index (χ4n) is 1.82. The first kappa shape index (κ1) is 37.8. The zero-order chi connectivity index (χ0) is 21.4. The van der Waals surface area contributed by atoms with Crippen LogP contribution in [-0.2, 0) is 35.8 Å². The standard InChI is InChI=1S/2C8H16O2.2C2H6O.Zr/c2*1-3-5-8(10)7(4-2)6-9;2*1-2-3;/h2*7,9H,3-6H2,1-2H3;2*3H,2H2,1H3;. The molecule has 0 saturated carbocycles. The summed E-state index contributed by atoms with van der Waals surface area (Å²) < 4.78 is 0. The quantitative estimate of drug-likeness (QED) is 0.389. The number of carbonyl (C=O) groups is 2.